The first-order valence-corrected chi connectivity index (χ1v) is 8.51. The molecule has 6 nitrogen and oxygen atoms in total. The van der Waals surface area contributed by atoms with Crippen LogP contribution in [0.25, 0.3) is 0 Å². The van der Waals surface area contributed by atoms with Gasteiger partial charge in [0, 0.05) is 23.9 Å². The Balaban J connectivity index is 1.77. The van der Waals surface area contributed by atoms with Crippen LogP contribution in [0.15, 0.2) is 18.2 Å². The van der Waals surface area contributed by atoms with E-state index < -0.39 is 11.7 Å². The highest BCUT2D eigenvalue weighted by Gasteiger charge is 2.38. The SMILES string of the molecule is COC(=O)[C@H]1CN(CN2C(=O)C(=O)c3cc(Cl)ccc32)CCS1. The van der Waals surface area contributed by atoms with Gasteiger partial charge in [-0.3, -0.25) is 24.2 Å². The molecule has 1 aromatic carbocycles. The molecule has 0 N–H and O–H groups in total. The topological polar surface area (TPSA) is 66.9 Å². The Bertz CT molecular complexity index is 681. The molecule has 0 saturated carbocycles. The number of Topliss-reactive ketones (excluding diaryl/α,β-unsaturated/α-hetero) is 1. The van der Waals surface area contributed by atoms with E-state index in [2.05, 4.69) is 0 Å². The maximum atomic E-state index is 12.2. The minimum absolute atomic E-state index is 0.268. The smallest absolute Gasteiger partial charge is 0.320 e. The lowest BCUT2D eigenvalue weighted by Crippen LogP contribution is -2.48. The number of hydrogen-bond acceptors (Lipinski definition) is 6. The molecule has 122 valence electrons. The Morgan fingerprint density at radius 3 is 2.96 bits per heavy atom. The fourth-order valence-corrected chi connectivity index (χ4v) is 4.09. The lowest BCUT2D eigenvalue weighted by molar-refractivity contribution is -0.140. The van der Waals surface area contributed by atoms with Gasteiger partial charge in [-0.15, -0.1) is 11.8 Å². The Hall–Kier alpha value is -1.57. The van der Waals surface area contributed by atoms with Crippen molar-refractivity contribution in [2.75, 3.05) is 37.5 Å². The first-order chi connectivity index (χ1) is 11.0. The highest BCUT2D eigenvalue weighted by atomic mass is 35.5. The predicted octanol–water partition coefficient (Wildman–Crippen LogP) is 1.42. The van der Waals surface area contributed by atoms with E-state index >= 15 is 0 Å². The van der Waals surface area contributed by atoms with Gasteiger partial charge in [0.05, 0.1) is 25.0 Å². The molecule has 8 heteroatoms. The van der Waals surface area contributed by atoms with Crippen LogP contribution in [0.1, 0.15) is 10.4 Å². The zero-order chi connectivity index (χ0) is 16.6. The van der Waals surface area contributed by atoms with E-state index in [0.29, 0.717) is 22.8 Å². The van der Waals surface area contributed by atoms with Crippen molar-refractivity contribution >= 4 is 46.7 Å². The van der Waals surface area contributed by atoms with Gasteiger partial charge in [0.1, 0.15) is 5.25 Å². The van der Waals surface area contributed by atoms with Gasteiger partial charge < -0.3 is 4.74 Å². The van der Waals surface area contributed by atoms with Gasteiger partial charge in [-0.2, -0.15) is 0 Å². The minimum Gasteiger partial charge on any atom is -0.468 e. The highest BCUT2D eigenvalue weighted by Crippen LogP contribution is 2.32. The number of rotatable bonds is 3. The minimum atomic E-state index is -0.560. The number of benzene rings is 1. The van der Waals surface area contributed by atoms with Gasteiger partial charge in [-0.25, -0.2) is 0 Å². The van der Waals surface area contributed by atoms with Crippen LogP contribution in [-0.4, -0.2) is 60.4 Å². The summed E-state index contributed by atoms with van der Waals surface area (Å²) in [7, 11) is 1.37. The fraction of sp³-hybridized carbons (Fsp3) is 0.400. The van der Waals surface area contributed by atoms with E-state index in [0.717, 1.165) is 12.3 Å². The summed E-state index contributed by atoms with van der Waals surface area (Å²) < 4.78 is 4.78. The number of ether oxygens (including phenoxy) is 1. The number of methoxy groups -OCH3 is 1. The summed E-state index contributed by atoms with van der Waals surface area (Å²) in [6.07, 6.45) is 0. The van der Waals surface area contributed by atoms with Crippen LogP contribution in [0.4, 0.5) is 5.69 Å². The number of amides is 1. The molecule has 0 aliphatic carbocycles. The molecular formula is C15H15ClN2O4S. The summed E-state index contributed by atoms with van der Waals surface area (Å²) in [6.45, 7) is 1.49. The number of anilines is 1. The van der Waals surface area contributed by atoms with E-state index in [1.54, 1.807) is 23.9 Å². The molecule has 1 saturated heterocycles. The van der Waals surface area contributed by atoms with Crippen LogP contribution < -0.4 is 4.90 Å². The number of thioether (sulfide) groups is 1. The number of ketones is 1. The van der Waals surface area contributed by atoms with E-state index in [-0.39, 0.29) is 17.9 Å². The molecule has 2 aliphatic heterocycles. The van der Waals surface area contributed by atoms with Gasteiger partial charge in [-0.05, 0) is 18.2 Å². The number of fused-ring (bicyclic) bond motifs is 1. The quantitative estimate of drug-likeness (QED) is 0.604. The Morgan fingerprint density at radius 1 is 1.43 bits per heavy atom. The fourth-order valence-electron chi connectivity index (χ4n) is 2.72. The molecule has 2 aliphatic rings. The Morgan fingerprint density at radius 2 is 2.22 bits per heavy atom. The van der Waals surface area contributed by atoms with Crippen molar-refractivity contribution in [3.8, 4) is 0 Å². The molecule has 2 heterocycles. The molecule has 23 heavy (non-hydrogen) atoms. The largest absolute Gasteiger partial charge is 0.468 e. The Kier molecular flexibility index (Phi) is 4.61. The molecule has 1 amide bonds. The van der Waals surface area contributed by atoms with E-state index in [1.165, 1.54) is 18.1 Å². The van der Waals surface area contributed by atoms with Gasteiger partial charge in [-0.1, -0.05) is 11.6 Å². The third kappa shape index (κ3) is 3.08. The highest BCUT2D eigenvalue weighted by molar-refractivity contribution is 8.00. The third-order valence-electron chi connectivity index (χ3n) is 3.89. The van der Waals surface area contributed by atoms with Gasteiger partial charge in [0.15, 0.2) is 0 Å². The summed E-state index contributed by atoms with van der Waals surface area (Å²) in [5.41, 5.74) is 0.899. The standard InChI is InChI=1S/C15H15ClN2O4S/c1-22-15(21)12-7-17(4-5-23-12)8-18-11-3-2-9(16)6-10(11)13(19)14(18)20/h2-3,6,12H,4-5,7-8H2,1H3/t12-/m1/s1. The van der Waals surface area contributed by atoms with E-state index in [9.17, 15) is 14.4 Å². The number of halogens is 1. The first-order valence-electron chi connectivity index (χ1n) is 7.09. The number of carbonyl (C=O) groups excluding carboxylic acids is 3. The number of hydrogen-bond donors (Lipinski definition) is 0. The zero-order valence-electron chi connectivity index (χ0n) is 12.5. The van der Waals surface area contributed by atoms with Crippen molar-refractivity contribution in [3.05, 3.63) is 28.8 Å². The summed E-state index contributed by atoms with van der Waals surface area (Å²) in [4.78, 5) is 39.4. The molecule has 0 radical (unpaired) electrons. The van der Waals surface area contributed by atoms with Crippen LogP contribution in [-0.2, 0) is 14.3 Å². The predicted molar refractivity (Wildman–Crippen MR) is 88.0 cm³/mol. The van der Waals surface area contributed by atoms with Gasteiger partial charge in [0.2, 0.25) is 0 Å². The second kappa shape index (κ2) is 6.51. The van der Waals surface area contributed by atoms with Crippen molar-refractivity contribution < 1.29 is 19.1 Å². The first kappa shape index (κ1) is 16.3. The lowest BCUT2D eigenvalue weighted by atomic mass is 10.1. The maximum absolute atomic E-state index is 12.2. The molecule has 1 atom stereocenters. The summed E-state index contributed by atoms with van der Waals surface area (Å²) in [6, 6.07) is 4.85. The van der Waals surface area contributed by atoms with Crippen molar-refractivity contribution in [2.45, 2.75) is 5.25 Å². The average molecular weight is 355 g/mol. The summed E-state index contributed by atoms with van der Waals surface area (Å²) in [5.74, 6) is -0.604. The normalized spacial score (nSPS) is 21.5. The molecule has 0 unspecified atom stereocenters. The van der Waals surface area contributed by atoms with Crippen LogP contribution in [0, 0.1) is 0 Å². The number of nitrogens with zero attached hydrogens (tertiary/aromatic N) is 2. The van der Waals surface area contributed by atoms with Crippen LogP contribution >= 0.6 is 23.4 Å². The molecule has 0 aromatic heterocycles. The molecular weight excluding hydrogens is 340 g/mol. The van der Waals surface area contributed by atoms with Crippen molar-refractivity contribution in [3.63, 3.8) is 0 Å². The monoisotopic (exact) mass is 354 g/mol. The molecule has 1 fully saturated rings. The number of esters is 1. The summed E-state index contributed by atoms with van der Waals surface area (Å²) >= 11 is 7.44. The summed E-state index contributed by atoms with van der Waals surface area (Å²) in [5, 5.41) is 0.152. The maximum Gasteiger partial charge on any atom is 0.320 e. The van der Waals surface area contributed by atoms with Gasteiger partial charge >= 0.3 is 11.9 Å². The third-order valence-corrected chi connectivity index (χ3v) is 5.29. The van der Waals surface area contributed by atoms with Crippen molar-refractivity contribution in [1.29, 1.82) is 0 Å². The lowest BCUT2D eigenvalue weighted by Gasteiger charge is -2.33. The molecule has 1 aromatic rings. The van der Waals surface area contributed by atoms with Crippen molar-refractivity contribution in [2.24, 2.45) is 0 Å². The van der Waals surface area contributed by atoms with Crippen LogP contribution in [0.2, 0.25) is 5.02 Å². The van der Waals surface area contributed by atoms with Crippen molar-refractivity contribution in [1.82, 2.24) is 4.90 Å². The molecule has 3 rings (SSSR count). The van der Waals surface area contributed by atoms with E-state index in [4.69, 9.17) is 16.3 Å². The Labute approximate surface area is 142 Å². The second-order valence-electron chi connectivity index (χ2n) is 5.32. The number of carbonyl (C=O) groups is 3. The molecule has 0 bridgehead atoms. The van der Waals surface area contributed by atoms with Crippen LogP contribution in [0.5, 0.6) is 0 Å². The van der Waals surface area contributed by atoms with Crippen LogP contribution in [0.3, 0.4) is 0 Å². The second-order valence-corrected chi connectivity index (χ2v) is 7.07. The van der Waals surface area contributed by atoms with Gasteiger partial charge in [0.25, 0.3) is 5.78 Å². The van der Waals surface area contributed by atoms with E-state index in [1.807, 2.05) is 4.90 Å². The average Bonchev–Trinajstić information content (AvgIpc) is 2.79. The molecule has 0 spiro atoms. The zero-order valence-corrected chi connectivity index (χ0v) is 14.0.